The molecule has 3 aromatic rings. The number of benzene rings is 2. The van der Waals surface area contributed by atoms with Gasteiger partial charge in [0.1, 0.15) is 0 Å². The molecule has 1 aromatic heterocycles. The van der Waals surface area contributed by atoms with Crippen LogP contribution in [0.3, 0.4) is 0 Å². The molecule has 7 heteroatoms. The van der Waals surface area contributed by atoms with E-state index < -0.39 is 11.9 Å². The summed E-state index contributed by atoms with van der Waals surface area (Å²) in [6.07, 6.45) is -0.113. The van der Waals surface area contributed by atoms with Crippen molar-refractivity contribution in [3.05, 3.63) is 64.5 Å². The van der Waals surface area contributed by atoms with E-state index in [1.165, 1.54) is 29.0 Å². The largest absolute Gasteiger partial charge is 0.481 e. The first kappa shape index (κ1) is 19.6. The van der Waals surface area contributed by atoms with Gasteiger partial charge in [0.15, 0.2) is 5.13 Å². The molecule has 0 aliphatic heterocycles. The fourth-order valence-corrected chi connectivity index (χ4v) is 3.73. The van der Waals surface area contributed by atoms with Crippen molar-refractivity contribution in [2.75, 3.05) is 5.32 Å². The van der Waals surface area contributed by atoms with Gasteiger partial charge in [-0.2, -0.15) is 0 Å². The molecule has 0 atom stereocenters. The standard InChI is InChI=1S/C21H20N2O4S/c1-12(2)13-3-5-14(6-4-13)19-17(11-18(24)25)28-21(23-19)22-16-9-7-15(8-10-16)20(26)27/h3-10,12H,11H2,1-2H3,(H,22,23)(H,24,25)(H,26,27). The lowest BCUT2D eigenvalue weighted by Gasteiger charge is -2.06. The summed E-state index contributed by atoms with van der Waals surface area (Å²) in [5, 5.41) is 21.9. The maximum atomic E-state index is 11.3. The molecular weight excluding hydrogens is 376 g/mol. The number of carbonyl (C=O) groups is 2. The average Bonchev–Trinajstić information content (AvgIpc) is 3.03. The van der Waals surface area contributed by atoms with Gasteiger partial charge >= 0.3 is 11.9 Å². The van der Waals surface area contributed by atoms with Crippen LogP contribution in [0.4, 0.5) is 10.8 Å². The minimum absolute atomic E-state index is 0.113. The summed E-state index contributed by atoms with van der Waals surface area (Å²) in [4.78, 5) is 27.5. The normalized spacial score (nSPS) is 10.8. The second kappa shape index (κ2) is 8.22. The summed E-state index contributed by atoms with van der Waals surface area (Å²) in [5.41, 5.74) is 3.60. The number of carboxylic acids is 2. The molecule has 0 saturated carbocycles. The van der Waals surface area contributed by atoms with E-state index >= 15 is 0 Å². The molecule has 2 aromatic carbocycles. The summed E-state index contributed by atoms with van der Waals surface area (Å²) in [5.74, 6) is -1.49. The van der Waals surface area contributed by atoms with Crippen molar-refractivity contribution < 1.29 is 19.8 Å². The topological polar surface area (TPSA) is 99.5 Å². The number of aromatic carboxylic acids is 1. The summed E-state index contributed by atoms with van der Waals surface area (Å²) < 4.78 is 0. The number of hydrogen-bond donors (Lipinski definition) is 3. The van der Waals surface area contributed by atoms with Crippen molar-refractivity contribution in [1.82, 2.24) is 4.98 Å². The van der Waals surface area contributed by atoms with Crippen LogP contribution in [0.1, 0.15) is 40.6 Å². The third-order valence-electron chi connectivity index (χ3n) is 4.24. The van der Waals surface area contributed by atoms with Crippen molar-refractivity contribution in [2.45, 2.75) is 26.2 Å². The van der Waals surface area contributed by atoms with Gasteiger partial charge in [-0.25, -0.2) is 9.78 Å². The number of aromatic nitrogens is 1. The molecule has 0 unspecified atom stereocenters. The quantitative estimate of drug-likeness (QED) is 0.519. The number of hydrogen-bond acceptors (Lipinski definition) is 5. The van der Waals surface area contributed by atoms with E-state index in [1.807, 2.05) is 24.3 Å². The molecule has 6 nitrogen and oxygen atoms in total. The van der Waals surface area contributed by atoms with Crippen molar-refractivity contribution >= 4 is 34.1 Å². The maximum Gasteiger partial charge on any atom is 0.335 e. The van der Waals surface area contributed by atoms with Crippen LogP contribution in [0, 0.1) is 0 Å². The van der Waals surface area contributed by atoms with Crippen LogP contribution in [-0.4, -0.2) is 27.1 Å². The first-order valence-electron chi connectivity index (χ1n) is 8.75. The number of thiazole rings is 1. The molecule has 0 aliphatic carbocycles. The summed E-state index contributed by atoms with van der Waals surface area (Å²) in [6, 6.07) is 14.3. The zero-order valence-electron chi connectivity index (χ0n) is 15.5. The van der Waals surface area contributed by atoms with E-state index in [1.54, 1.807) is 12.1 Å². The molecule has 0 saturated heterocycles. The highest BCUT2D eigenvalue weighted by molar-refractivity contribution is 7.16. The van der Waals surface area contributed by atoms with Gasteiger partial charge < -0.3 is 15.5 Å². The zero-order valence-corrected chi connectivity index (χ0v) is 16.3. The van der Waals surface area contributed by atoms with Gasteiger partial charge in [-0.3, -0.25) is 4.79 Å². The van der Waals surface area contributed by atoms with E-state index in [0.717, 1.165) is 5.56 Å². The summed E-state index contributed by atoms with van der Waals surface area (Å²) >= 11 is 1.28. The monoisotopic (exact) mass is 396 g/mol. The van der Waals surface area contributed by atoms with Crippen LogP contribution in [-0.2, 0) is 11.2 Å². The zero-order chi connectivity index (χ0) is 20.3. The van der Waals surface area contributed by atoms with Crippen LogP contribution in [0.25, 0.3) is 11.3 Å². The Labute approximate surface area is 166 Å². The van der Waals surface area contributed by atoms with Crippen molar-refractivity contribution in [3.63, 3.8) is 0 Å². The molecule has 0 fully saturated rings. The van der Waals surface area contributed by atoms with Crippen LogP contribution in [0.5, 0.6) is 0 Å². The molecule has 28 heavy (non-hydrogen) atoms. The number of nitrogens with zero attached hydrogens (tertiary/aromatic N) is 1. The Bertz CT molecular complexity index is 992. The lowest BCUT2D eigenvalue weighted by Crippen LogP contribution is -1.99. The van der Waals surface area contributed by atoms with Gasteiger partial charge in [0.25, 0.3) is 0 Å². The highest BCUT2D eigenvalue weighted by Gasteiger charge is 2.16. The highest BCUT2D eigenvalue weighted by atomic mass is 32.1. The van der Waals surface area contributed by atoms with Crippen LogP contribution in [0.15, 0.2) is 48.5 Å². The van der Waals surface area contributed by atoms with Crippen LogP contribution >= 0.6 is 11.3 Å². The second-order valence-electron chi connectivity index (χ2n) is 6.65. The van der Waals surface area contributed by atoms with Gasteiger partial charge in [-0.05, 0) is 35.7 Å². The predicted octanol–water partition coefficient (Wildman–Crippen LogP) is 5.00. The SMILES string of the molecule is CC(C)c1ccc(-c2nc(Nc3ccc(C(=O)O)cc3)sc2CC(=O)O)cc1. The maximum absolute atomic E-state index is 11.3. The molecule has 0 radical (unpaired) electrons. The smallest absolute Gasteiger partial charge is 0.335 e. The fourth-order valence-electron chi connectivity index (χ4n) is 2.73. The summed E-state index contributed by atoms with van der Waals surface area (Å²) in [7, 11) is 0. The Morgan fingerprint density at radius 1 is 1.04 bits per heavy atom. The van der Waals surface area contributed by atoms with E-state index in [4.69, 9.17) is 5.11 Å². The van der Waals surface area contributed by atoms with Crippen LogP contribution < -0.4 is 5.32 Å². The average molecular weight is 396 g/mol. The molecule has 0 spiro atoms. The van der Waals surface area contributed by atoms with Crippen molar-refractivity contribution in [1.29, 1.82) is 0 Å². The molecule has 0 amide bonds. The molecule has 3 N–H and O–H groups in total. The first-order chi connectivity index (χ1) is 13.3. The number of rotatable bonds is 7. The lowest BCUT2D eigenvalue weighted by atomic mass is 10.0. The molecule has 1 heterocycles. The molecule has 0 bridgehead atoms. The van der Waals surface area contributed by atoms with Crippen molar-refractivity contribution in [2.24, 2.45) is 0 Å². The third-order valence-corrected chi connectivity index (χ3v) is 5.21. The number of carboxylic acid groups (broad SMARTS) is 2. The Morgan fingerprint density at radius 2 is 1.68 bits per heavy atom. The van der Waals surface area contributed by atoms with Gasteiger partial charge in [-0.15, -0.1) is 11.3 Å². The van der Waals surface area contributed by atoms with E-state index in [-0.39, 0.29) is 12.0 Å². The van der Waals surface area contributed by atoms with Gasteiger partial charge in [0.2, 0.25) is 0 Å². The third kappa shape index (κ3) is 4.55. The lowest BCUT2D eigenvalue weighted by molar-refractivity contribution is -0.136. The predicted molar refractivity (Wildman–Crippen MR) is 110 cm³/mol. The second-order valence-corrected chi connectivity index (χ2v) is 7.73. The van der Waals surface area contributed by atoms with Crippen LogP contribution in [0.2, 0.25) is 0 Å². The van der Waals surface area contributed by atoms with Gasteiger partial charge in [0, 0.05) is 16.1 Å². The Morgan fingerprint density at radius 3 is 2.21 bits per heavy atom. The molecule has 0 aliphatic rings. The Hall–Kier alpha value is -3.19. The Kier molecular flexibility index (Phi) is 5.75. The first-order valence-corrected chi connectivity index (χ1v) is 9.57. The minimum atomic E-state index is -0.989. The Balaban J connectivity index is 1.90. The minimum Gasteiger partial charge on any atom is -0.481 e. The molecule has 3 rings (SSSR count). The molecule has 144 valence electrons. The van der Waals surface area contributed by atoms with E-state index in [2.05, 4.69) is 24.1 Å². The van der Waals surface area contributed by atoms with E-state index in [9.17, 15) is 14.7 Å². The molecular formula is C21H20N2O4S. The number of aliphatic carboxylic acids is 1. The van der Waals surface area contributed by atoms with E-state index in [0.29, 0.717) is 27.3 Å². The van der Waals surface area contributed by atoms with Gasteiger partial charge in [-0.1, -0.05) is 38.1 Å². The van der Waals surface area contributed by atoms with Crippen molar-refractivity contribution in [3.8, 4) is 11.3 Å². The number of nitrogens with one attached hydrogen (secondary N) is 1. The van der Waals surface area contributed by atoms with Gasteiger partial charge in [0.05, 0.1) is 17.7 Å². The highest BCUT2D eigenvalue weighted by Crippen LogP contribution is 2.34. The number of anilines is 2. The summed E-state index contributed by atoms with van der Waals surface area (Å²) in [6.45, 7) is 4.23. The fraction of sp³-hybridized carbons (Fsp3) is 0.190.